The van der Waals surface area contributed by atoms with Gasteiger partial charge in [0.15, 0.2) is 0 Å². The monoisotopic (exact) mass is 382 g/mol. The van der Waals surface area contributed by atoms with E-state index in [-0.39, 0.29) is 35.9 Å². The highest BCUT2D eigenvalue weighted by Gasteiger charge is 2.15. The van der Waals surface area contributed by atoms with E-state index >= 15 is 0 Å². The van der Waals surface area contributed by atoms with Crippen LogP contribution in [0.5, 0.6) is 0 Å². The number of amides is 2. The Bertz CT molecular complexity index is 877. The molecular weight excluding hydrogens is 360 g/mol. The minimum Gasteiger partial charge on any atom is -0.386 e. The summed E-state index contributed by atoms with van der Waals surface area (Å²) in [5.74, 6) is -0.944. The summed E-state index contributed by atoms with van der Waals surface area (Å²) < 4.78 is 0. The molecule has 2 amide bonds. The van der Waals surface area contributed by atoms with Crippen molar-refractivity contribution >= 4 is 11.8 Å². The van der Waals surface area contributed by atoms with Crippen molar-refractivity contribution < 1.29 is 9.59 Å². The van der Waals surface area contributed by atoms with Gasteiger partial charge in [0.1, 0.15) is 0 Å². The van der Waals surface area contributed by atoms with Crippen LogP contribution >= 0.6 is 0 Å². The van der Waals surface area contributed by atoms with E-state index in [9.17, 15) is 9.59 Å². The van der Waals surface area contributed by atoms with Crippen LogP contribution in [0, 0.1) is 0 Å². The van der Waals surface area contributed by atoms with Crippen LogP contribution in [0.2, 0.25) is 0 Å². The molecule has 0 unspecified atom stereocenters. The number of carbonyl (C=O) groups is 2. The maximum atomic E-state index is 12.3. The Labute approximate surface area is 161 Å². The highest BCUT2D eigenvalue weighted by atomic mass is 16.2. The number of aromatic nitrogens is 2. The first-order valence-electron chi connectivity index (χ1n) is 8.17. The summed E-state index contributed by atoms with van der Waals surface area (Å²) in [6.07, 6.45) is 0. The van der Waals surface area contributed by atoms with Gasteiger partial charge in [0, 0.05) is 24.2 Å². The summed E-state index contributed by atoms with van der Waals surface area (Å²) in [6, 6.07) is 6.06. The number of rotatable bonds is 7. The molecule has 146 valence electrons. The second kappa shape index (κ2) is 8.75. The molecule has 2 rings (SSSR count). The van der Waals surface area contributed by atoms with Crippen LogP contribution in [0.25, 0.3) is 11.4 Å². The minimum atomic E-state index is -0.474. The fourth-order valence-corrected chi connectivity index (χ4v) is 2.35. The second-order valence-electron chi connectivity index (χ2n) is 5.83. The fraction of sp³-hybridized carbons (Fsp3) is 0.111. The van der Waals surface area contributed by atoms with E-state index in [1.54, 1.807) is 0 Å². The number of nitrogens with zero attached hydrogens (tertiary/aromatic N) is 2. The molecule has 2 aromatic heterocycles. The molecule has 0 saturated carbocycles. The predicted molar refractivity (Wildman–Crippen MR) is 105 cm³/mol. The molecule has 0 aliphatic carbocycles. The van der Waals surface area contributed by atoms with E-state index in [1.807, 2.05) is 0 Å². The van der Waals surface area contributed by atoms with Crippen molar-refractivity contribution in [2.24, 2.45) is 22.9 Å². The lowest BCUT2D eigenvalue weighted by Gasteiger charge is -2.11. The van der Waals surface area contributed by atoms with E-state index in [1.165, 1.54) is 24.3 Å². The lowest BCUT2D eigenvalue weighted by Crippen LogP contribution is -2.27. The number of hydrogen-bond acceptors (Lipinski definition) is 8. The Morgan fingerprint density at radius 2 is 1.14 bits per heavy atom. The SMILES string of the molecule is C=C(N)NC(=O)c1cc(CN)nc(-c2cc(C(=O)NC(=C)N)cc(CN)n2)c1. The van der Waals surface area contributed by atoms with Gasteiger partial charge in [-0.15, -0.1) is 0 Å². The van der Waals surface area contributed by atoms with Gasteiger partial charge in [-0.05, 0) is 24.3 Å². The highest BCUT2D eigenvalue weighted by Crippen LogP contribution is 2.20. The smallest absolute Gasteiger partial charge is 0.256 e. The Balaban J connectivity index is 2.56. The lowest BCUT2D eigenvalue weighted by molar-refractivity contribution is 0.0957. The van der Waals surface area contributed by atoms with Gasteiger partial charge in [0.25, 0.3) is 11.8 Å². The summed E-state index contributed by atoms with van der Waals surface area (Å²) in [6.45, 7) is 7.06. The first-order valence-corrected chi connectivity index (χ1v) is 8.17. The Kier molecular flexibility index (Phi) is 6.42. The standard InChI is InChI=1S/C18H22N8O2/c1-9(21)23-17(27)11-3-13(7-19)25-15(5-11)16-6-12(4-14(8-20)26-16)18(28)24-10(2)22/h3-6H,1-2,7-8,19-22H2,(H,23,27)(H,24,28). The Hall–Kier alpha value is -3.76. The van der Waals surface area contributed by atoms with Crippen LogP contribution in [0.3, 0.4) is 0 Å². The Morgan fingerprint density at radius 1 is 0.786 bits per heavy atom. The summed E-state index contributed by atoms with van der Waals surface area (Å²) in [5.41, 5.74) is 24.3. The summed E-state index contributed by atoms with van der Waals surface area (Å²) in [4.78, 5) is 33.3. The van der Waals surface area contributed by atoms with E-state index < -0.39 is 11.8 Å². The molecule has 0 fully saturated rings. The van der Waals surface area contributed by atoms with E-state index in [0.29, 0.717) is 22.8 Å². The van der Waals surface area contributed by atoms with Crippen molar-refractivity contribution in [2.75, 3.05) is 0 Å². The van der Waals surface area contributed by atoms with Gasteiger partial charge in [0.2, 0.25) is 0 Å². The number of nitrogens with two attached hydrogens (primary N) is 4. The molecule has 28 heavy (non-hydrogen) atoms. The average molecular weight is 382 g/mol. The predicted octanol–water partition coefficient (Wildman–Crippen LogP) is -0.620. The van der Waals surface area contributed by atoms with Crippen molar-refractivity contribution in [3.8, 4) is 11.4 Å². The van der Waals surface area contributed by atoms with Crippen LogP contribution < -0.4 is 33.6 Å². The first kappa shape index (κ1) is 20.6. The zero-order chi connectivity index (χ0) is 20.8. The number of carbonyl (C=O) groups excluding carboxylic acids is 2. The third-order valence-electron chi connectivity index (χ3n) is 3.51. The van der Waals surface area contributed by atoms with Crippen LogP contribution in [0.4, 0.5) is 0 Å². The van der Waals surface area contributed by atoms with Crippen LogP contribution in [0.1, 0.15) is 32.1 Å². The summed E-state index contributed by atoms with van der Waals surface area (Å²) in [7, 11) is 0. The number of nitrogens with one attached hydrogen (secondary N) is 2. The maximum Gasteiger partial charge on any atom is 0.256 e. The van der Waals surface area contributed by atoms with E-state index in [0.717, 1.165) is 0 Å². The molecule has 0 aliphatic rings. The molecule has 0 radical (unpaired) electrons. The molecule has 0 saturated heterocycles. The molecule has 0 atom stereocenters. The second-order valence-corrected chi connectivity index (χ2v) is 5.83. The van der Waals surface area contributed by atoms with Crippen molar-refractivity contribution in [3.05, 3.63) is 71.6 Å². The quantitative estimate of drug-likeness (QED) is 0.365. The van der Waals surface area contributed by atoms with Crippen LogP contribution in [-0.2, 0) is 13.1 Å². The zero-order valence-electron chi connectivity index (χ0n) is 15.2. The molecule has 2 heterocycles. The molecule has 0 bridgehead atoms. The highest BCUT2D eigenvalue weighted by molar-refractivity contribution is 5.97. The van der Waals surface area contributed by atoms with Crippen LogP contribution in [0.15, 0.2) is 49.1 Å². The van der Waals surface area contributed by atoms with Crippen molar-refractivity contribution in [2.45, 2.75) is 13.1 Å². The molecule has 10 nitrogen and oxygen atoms in total. The molecule has 10 N–H and O–H groups in total. The molecular formula is C18H22N8O2. The summed E-state index contributed by atoms with van der Waals surface area (Å²) >= 11 is 0. The molecule has 0 aliphatic heterocycles. The topological polar surface area (TPSA) is 188 Å². The molecule has 0 aromatic carbocycles. The fourth-order valence-electron chi connectivity index (χ4n) is 2.35. The molecule has 0 spiro atoms. The van der Waals surface area contributed by atoms with Gasteiger partial charge >= 0.3 is 0 Å². The van der Waals surface area contributed by atoms with Gasteiger partial charge in [-0.3, -0.25) is 9.59 Å². The van der Waals surface area contributed by atoms with Crippen molar-refractivity contribution in [1.29, 1.82) is 0 Å². The van der Waals surface area contributed by atoms with Gasteiger partial charge in [-0.25, -0.2) is 9.97 Å². The minimum absolute atomic E-state index is 0.00175. The lowest BCUT2D eigenvalue weighted by atomic mass is 10.1. The number of hydrogen-bond donors (Lipinski definition) is 6. The van der Waals surface area contributed by atoms with Crippen molar-refractivity contribution in [3.63, 3.8) is 0 Å². The average Bonchev–Trinajstić information content (AvgIpc) is 2.66. The van der Waals surface area contributed by atoms with E-state index in [4.69, 9.17) is 22.9 Å². The van der Waals surface area contributed by atoms with E-state index in [2.05, 4.69) is 33.8 Å². The molecule has 10 heteroatoms. The zero-order valence-corrected chi connectivity index (χ0v) is 15.2. The third-order valence-corrected chi connectivity index (χ3v) is 3.51. The Morgan fingerprint density at radius 3 is 1.43 bits per heavy atom. The summed E-state index contributed by atoms with van der Waals surface area (Å²) in [5, 5.41) is 4.82. The molecule has 2 aromatic rings. The van der Waals surface area contributed by atoms with Gasteiger partial charge in [0.05, 0.1) is 34.4 Å². The number of pyridine rings is 2. The van der Waals surface area contributed by atoms with Crippen LogP contribution in [-0.4, -0.2) is 21.8 Å². The van der Waals surface area contributed by atoms with Gasteiger partial charge in [-0.1, -0.05) is 13.2 Å². The largest absolute Gasteiger partial charge is 0.386 e. The normalized spacial score (nSPS) is 10.2. The first-order chi connectivity index (χ1) is 13.2. The maximum absolute atomic E-state index is 12.3. The van der Waals surface area contributed by atoms with Crippen molar-refractivity contribution in [1.82, 2.24) is 20.6 Å². The van der Waals surface area contributed by atoms with Gasteiger partial charge < -0.3 is 33.6 Å². The van der Waals surface area contributed by atoms with Gasteiger partial charge in [-0.2, -0.15) is 0 Å². The third kappa shape index (κ3) is 5.13.